The van der Waals surface area contributed by atoms with Gasteiger partial charge in [0.2, 0.25) is 0 Å². The summed E-state index contributed by atoms with van der Waals surface area (Å²) >= 11 is 0. The van der Waals surface area contributed by atoms with Gasteiger partial charge in [-0.2, -0.15) is 5.11 Å². The molecule has 2 N–H and O–H groups in total. The molecule has 7 heteroatoms. The monoisotopic (exact) mass is 129 g/mol. The fourth-order valence-corrected chi connectivity index (χ4v) is 0.150. The molecule has 0 radical (unpaired) electrons. The lowest BCUT2D eigenvalue weighted by molar-refractivity contribution is 0.800. The van der Waals surface area contributed by atoms with Crippen molar-refractivity contribution < 1.29 is 0 Å². The highest BCUT2D eigenvalue weighted by Gasteiger charge is 1.63. The molecule has 0 saturated heterocycles. The SMILES string of the molecule is CCN=NN=NN=NN. The van der Waals surface area contributed by atoms with Gasteiger partial charge in [-0.15, -0.1) is 0 Å². The molecule has 0 bridgehead atoms. The van der Waals surface area contributed by atoms with Gasteiger partial charge in [0, 0.05) is 0 Å². The van der Waals surface area contributed by atoms with Gasteiger partial charge in [0.1, 0.15) is 0 Å². The molecule has 0 aromatic carbocycles. The summed E-state index contributed by atoms with van der Waals surface area (Å²) in [6.07, 6.45) is 0. The fourth-order valence-electron chi connectivity index (χ4n) is 0.150. The molecule has 0 aromatic rings. The molecule has 0 aliphatic carbocycles. The van der Waals surface area contributed by atoms with Gasteiger partial charge in [0.25, 0.3) is 0 Å². The number of rotatable bonds is 3. The first kappa shape index (κ1) is 7.60. The molecule has 0 atom stereocenters. The van der Waals surface area contributed by atoms with E-state index in [9.17, 15) is 0 Å². The van der Waals surface area contributed by atoms with Gasteiger partial charge < -0.3 is 5.84 Å². The van der Waals surface area contributed by atoms with E-state index in [1.165, 1.54) is 0 Å². The molecule has 0 spiro atoms. The second kappa shape index (κ2) is 6.60. The third-order valence-electron chi connectivity index (χ3n) is 0.376. The van der Waals surface area contributed by atoms with E-state index < -0.39 is 0 Å². The second-order valence-electron chi connectivity index (χ2n) is 0.931. The van der Waals surface area contributed by atoms with Crippen molar-refractivity contribution in [2.24, 2.45) is 37.1 Å². The first-order valence-electron chi connectivity index (χ1n) is 2.28. The van der Waals surface area contributed by atoms with E-state index in [1.54, 1.807) is 0 Å². The summed E-state index contributed by atoms with van der Waals surface area (Å²) < 4.78 is 0. The van der Waals surface area contributed by atoms with E-state index in [2.05, 4.69) is 37.1 Å². The maximum Gasteiger partial charge on any atom is 0.0593 e. The summed E-state index contributed by atoms with van der Waals surface area (Å²) in [6, 6.07) is 0. The van der Waals surface area contributed by atoms with E-state index in [-0.39, 0.29) is 0 Å². The third kappa shape index (κ3) is 6.60. The van der Waals surface area contributed by atoms with Crippen LogP contribution in [0.2, 0.25) is 0 Å². The smallest absolute Gasteiger partial charge is 0.0593 e. The molecular formula is C2H7N7. The molecule has 0 aliphatic rings. The average molecular weight is 129 g/mol. The summed E-state index contributed by atoms with van der Waals surface area (Å²) in [4.78, 5) is 0. The first-order chi connectivity index (χ1) is 4.41. The molecule has 0 heterocycles. The Morgan fingerprint density at radius 1 is 1.11 bits per heavy atom. The number of hydrogen-bond acceptors (Lipinski definition) is 2. The van der Waals surface area contributed by atoms with Crippen LogP contribution in [-0.4, -0.2) is 6.54 Å². The Hall–Kier alpha value is -1.40. The Kier molecular flexibility index (Phi) is 5.57. The Balaban J connectivity index is 3.35. The quantitative estimate of drug-likeness (QED) is 0.344. The van der Waals surface area contributed by atoms with Gasteiger partial charge in [-0.25, -0.2) is 0 Å². The minimum Gasteiger partial charge on any atom is -0.303 e. The predicted octanol–water partition coefficient (Wildman–Crippen LogP) is 1.07. The topological polar surface area (TPSA) is 100 Å². The van der Waals surface area contributed by atoms with Crippen LogP contribution in [0.15, 0.2) is 31.2 Å². The largest absolute Gasteiger partial charge is 0.303 e. The summed E-state index contributed by atoms with van der Waals surface area (Å²) in [5.41, 5.74) is 0. The minimum absolute atomic E-state index is 0.568. The molecule has 0 aliphatic heterocycles. The fraction of sp³-hybridized carbons (Fsp3) is 1.00. The van der Waals surface area contributed by atoms with Crippen molar-refractivity contribution in [3.05, 3.63) is 0 Å². The van der Waals surface area contributed by atoms with E-state index in [0.29, 0.717) is 6.54 Å². The third-order valence-corrected chi connectivity index (χ3v) is 0.376. The van der Waals surface area contributed by atoms with Crippen LogP contribution in [0.4, 0.5) is 0 Å². The maximum atomic E-state index is 4.58. The predicted molar refractivity (Wildman–Crippen MR) is 29.3 cm³/mol. The highest BCUT2D eigenvalue weighted by Crippen LogP contribution is 1.79. The standard InChI is InChI=1S/C2H7N7/c1-2-4-6-8-9-7-5-3/h2H2,1H3,(H2,3,4,7,8). The zero-order chi connectivity index (χ0) is 6.95. The van der Waals surface area contributed by atoms with Gasteiger partial charge in [0.15, 0.2) is 0 Å². The maximum absolute atomic E-state index is 4.58. The zero-order valence-corrected chi connectivity index (χ0v) is 4.97. The highest BCUT2D eigenvalue weighted by molar-refractivity contribution is 4.18. The van der Waals surface area contributed by atoms with Gasteiger partial charge in [0.05, 0.1) is 6.54 Å². The van der Waals surface area contributed by atoms with Crippen molar-refractivity contribution in [3.8, 4) is 0 Å². The van der Waals surface area contributed by atoms with Crippen molar-refractivity contribution in [2.45, 2.75) is 6.92 Å². The second-order valence-corrected chi connectivity index (χ2v) is 0.931. The van der Waals surface area contributed by atoms with Crippen LogP contribution >= 0.6 is 0 Å². The Morgan fingerprint density at radius 3 is 2.33 bits per heavy atom. The Morgan fingerprint density at radius 2 is 1.78 bits per heavy atom. The van der Waals surface area contributed by atoms with Crippen LogP contribution < -0.4 is 5.84 Å². The summed E-state index contributed by atoms with van der Waals surface area (Å²) in [5, 5.41) is 18.5. The van der Waals surface area contributed by atoms with E-state index >= 15 is 0 Å². The van der Waals surface area contributed by atoms with E-state index in [4.69, 9.17) is 0 Å². The van der Waals surface area contributed by atoms with Crippen LogP contribution in [0.5, 0.6) is 0 Å². The Bertz CT molecular complexity index is 123. The number of nitrogens with zero attached hydrogens (tertiary/aromatic N) is 6. The highest BCUT2D eigenvalue weighted by atomic mass is 15.6. The molecule has 0 unspecified atom stereocenters. The molecule has 7 nitrogen and oxygen atoms in total. The van der Waals surface area contributed by atoms with Crippen LogP contribution in [0.1, 0.15) is 6.92 Å². The lowest BCUT2D eigenvalue weighted by Crippen LogP contribution is -1.70. The van der Waals surface area contributed by atoms with Crippen molar-refractivity contribution in [3.63, 3.8) is 0 Å². The molecular weight excluding hydrogens is 122 g/mol. The molecule has 0 fully saturated rings. The zero-order valence-electron chi connectivity index (χ0n) is 4.97. The van der Waals surface area contributed by atoms with Gasteiger partial charge in [-0.1, -0.05) is 5.22 Å². The molecule has 50 valence electrons. The van der Waals surface area contributed by atoms with Crippen LogP contribution in [0.25, 0.3) is 0 Å². The molecule has 0 aromatic heterocycles. The Labute approximate surface area is 51.7 Å². The lowest BCUT2D eigenvalue weighted by atomic mass is 10.8. The van der Waals surface area contributed by atoms with Gasteiger partial charge in [-0.05, 0) is 27.8 Å². The molecule has 0 rings (SSSR count). The molecule has 0 saturated carbocycles. The molecule has 0 amide bonds. The van der Waals surface area contributed by atoms with Crippen molar-refractivity contribution in [2.75, 3.05) is 6.54 Å². The summed E-state index contributed by atoms with van der Waals surface area (Å²) in [6.45, 7) is 2.39. The average Bonchev–Trinajstić information content (AvgIpc) is 1.89. The normalized spacial score (nSPS) is 12.6. The number of nitrogens with two attached hydrogens (primary N) is 1. The first-order valence-corrected chi connectivity index (χ1v) is 2.28. The molecule has 9 heavy (non-hydrogen) atoms. The lowest BCUT2D eigenvalue weighted by Gasteiger charge is -1.70. The van der Waals surface area contributed by atoms with Crippen LogP contribution in [0, 0.1) is 0 Å². The van der Waals surface area contributed by atoms with Crippen LogP contribution in [0.3, 0.4) is 0 Å². The minimum atomic E-state index is 0.568. The van der Waals surface area contributed by atoms with Gasteiger partial charge >= 0.3 is 0 Å². The summed E-state index contributed by atoms with van der Waals surface area (Å²) in [5.74, 6) is 4.58. The van der Waals surface area contributed by atoms with E-state index in [1.807, 2.05) is 6.92 Å². The van der Waals surface area contributed by atoms with Crippen molar-refractivity contribution >= 4 is 0 Å². The number of hydrogen-bond donors (Lipinski definition) is 1. The van der Waals surface area contributed by atoms with Crippen LogP contribution in [-0.2, 0) is 0 Å². The summed E-state index contributed by atoms with van der Waals surface area (Å²) in [7, 11) is 0. The van der Waals surface area contributed by atoms with E-state index in [0.717, 1.165) is 0 Å². The van der Waals surface area contributed by atoms with Gasteiger partial charge in [-0.3, -0.25) is 0 Å². The van der Waals surface area contributed by atoms with Crippen molar-refractivity contribution in [1.82, 2.24) is 0 Å². The van der Waals surface area contributed by atoms with Crippen molar-refractivity contribution in [1.29, 1.82) is 0 Å².